The number of nitrogens with one attached hydrogen (secondary N) is 2. The maximum atomic E-state index is 12.8. The number of nitrogens with zero attached hydrogens (tertiary/aromatic N) is 2. The van der Waals surface area contributed by atoms with Gasteiger partial charge in [-0.05, 0) is 47.6 Å². The molecule has 0 atom stereocenters. The third-order valence-electron chi connectivity index (χ3n) is 4.43. The summed E-state index contributed by atoms with van der Waals surface area (Å²) < 4.78 is 0.943. The summed E-state index contributed by atoms with van der Waals surface area (Å²) in [6.45, 7) is 2.25. The van der Waals surface area contributed by atoms with Crippen LogP contribution in [0.2, 0.25) is 0 Å². The Morgan fingerprint density at radius 3 is 2.96 bits per heavy atom. The monoisotopic (exact) mass is 436 g/mol. The highest BCUT2D eigenvalue weighted by Gasteiger charge is 2.38. The predicted octanol–water partition coefficient (Wildman–Crippen LogP) is 2.80. The van der Waals surface area contributed by atoms with Crippen LogP contribution in [0.4, 0.5) is 5.82 Å². The molecular formula is C17H17IN4O2. The minimum absolute atomic E-state index is 0.141. The average Bonchev–Trinajstić information content (AvgIpc) is 3.31. The van der Waals surface area contributed by atoms with Crippen molar-refractivity contribution in [2.24, 2.45) is 0 Å². The lowest BCUT2D eigenvalue weighted by Crippen LogP contribution is -2.39. The fourth-order valence-electron chi connectivity index (χ4n) is 3.18. The third-order valence-corrected chi connectivity index (χ3v) is 5.51. The van der Waals surface area contributed by atoms with Crippen molar-refractivity contribution in [3.8, 4) is 11.3 Å². The lowest BCUT2D eigenvalue weighted by Gasteiger charge is -2.26. The summed E-state index contributed by atoms with van der Waals surface area (Å²) >= 11 is 2.24. The predicted molar refractivity (Wildman–Crippen MR) is 98.8 cm³/mol. The molecule has 7 heteroatoms. The van der Waals surface area contributed by atoms with Gasteiger partial charge in [0, 0.05) is 43.4 Å². The van der Waals surface area contributed by atoms with E-state index in [2.05, 4.69) is 37.9 Å². The molecule has 0 spiro atoms. The Hall–Kier alpha value is -1.90. The molecule has 0 unspecified atom stereocenters. The van der Waals surface area contributed by atoms with Crippen molar-refractivity contribution in [2.45, 2.75) is 32.2 Å². The van der Waals surface area contributed by atoms with Crippen LogP contribution < -0.4 is 5.32 Å². The number of carbonyl (C=O) groups is 2. The Kier molecular flexibility index (Phi) is 3.82. The highest BCUT2D eigenvalue weighted by atomic mass is 127. The zero-order chi connectivity index (χ0) is 16.8. The topological polar surface area (TPSA) is 78.1 Å². The van der Waals surface area contributed by atoms with Gasteiger partial charge in [-0.3, -0.25) is 9.59 Å². The van der Waals surface area contributed by atoms with Crippen LogP contribution in [0, 0.1) is 3.57 Å². The quantitative estimate of drug-likeness (QED) is 0.727. The van der Waals surface area contributed by atoms with E-state index >= 15 is 0 Å². The van der Waals surface area contributed by atoms with Crippen LogP contribution >= 0.6 is 22.6 Å². The molecule has 2 aromatic rings. The number of aromatic amines is 1. The van der Waals surface area contributed by atoms with Gasteiger partial charge >= 0.3 is 0 Å². The molecule has 0 saturated heterocycles. The molecule has 24 heavy (non-hydrogen) atoms. The van der Waals surface area contributed by atoms with Gasteiger partial charge < -0.3 is 15.2 Å². The number of rotatable bonds is 3. The van der Waals surface area contributed by atoms with Crippen LogP contribution in [0.3, 0.4) is 0 Å². The van der Waals surface area contributed by atoms with E-state index in [9.17, 15) is 9.59 Å². The second-order valence-corrected chi connectivity index (χ2v) is 7.34. The van der Waals surface area contributed by atoms with E-state index in [0.29, 0.717) is 11.9 Å². The van der Waals surface area contributed by atoms with Crippen LogP contribution in [0.15, 0.2) is 18.3 Å². The summed E-state index contributed by atoms with van der Waals surface area (Å²) in [4.78, 5) is 33.6. The Morgan fingerprint density at radius 2 is 2.25 bits per heavy atom. The average molecular weight is 436 g/mol. The molecule has 2 aliphatic rings. The van der Waals surface area contributed by atoms with E-state index in [1.165, 1.54) is 6.92 Å². The Balaban J connectivity index is 1.72. The van der Waals surface area contributed by atoms with Crippen molar-refractivity contribution in [3.63, 3.8) is 0 Å². The second kappa shape index (κ2) is 5.87. The van der Waals surface area contributed by atoms with E-state index in [-0.39, 0.29) is 11.8 Å². The number of anilines is 1. The molecule has 0 aromatic carbocycles. The molecule has 6 nitrogen and oxygen atoms in total. The zero-order valence-corrected chi connectivity index (χ0v) is 15.4. The van der Waals surface area contributed by atoms with Crippen molar-refractivity contribution in [1.29, 1.82) is 0 Å². The van der Waals surface area contributed by atoms with Gasteiger partial charge in [-0.15, -0.1) is 0 Å². The first-order valence-electron chi connectivity index (χ1n) is 8.00. The molecule has 3 heterocycles. The molecule has 124 valence electrons. The molecule has 1 saturated carbocycles. The van der Waals surface area contributed by atoms with Crippen LogP contribution in [0.1, 0.15) is 35.8 Å². The number of H-pyrrole nitrogens is 1. The van der Waals surface area contributed by atoms with E-state index in [1.807, 2.05) is 17.0 Å². The highest BCUT2D eigenvalue weighted by Crippen LogP contribution is 2.37. The fourth-order valence-corrected chi connectivity index (χ4v) is 4.18. The maximum absolute atomic E-state index is 12.8. The summed E-state index contributed by atoms with van der Waals surface area (Å²) in [7, 11) is 0. The van der Waals surface area contributed by atoms with Crippen LogP contribution in [0.25, 0.3) is 11.3 Å². The van der Waals surface area contributed by atoms with Crippen molar-refractivity contribution >= 4 is 40.2 Å². The lowest BCUT2D eigenvalue weighted by atomic mass is 10.1. The molecule has 1 fully saturated rings. The largest absolute Gasteiger partial charge is 0.357 e. The SMILES string of the molecule is CC(=O)Nc1cc(-c2[nH]c3c(c2I)C(=O)N(C2CC2)CC3)ccn1. The van der Waals surface area contributed by atoms with Gasteiger partial charge in [0.05, 0.1) is 14.8 Å². The number of hydrogen-bond donors (Lipinski definition) is 2. The van der Waals surface area contributed by atoms with E-state index in [0.717, 1.165) is 51.9 Å². The first kappa shape index (κ1) is 15.6. The smallest absolute Gasteiger partial charge is 0.257 e. The first-order chi connectivity index (χ1) is 11.5. The summed E-state index contributed by atoms with van der Waals surface area (Å²) in [5.74, 6) is 0.492. The Bertz CT molecular complexity index is 841. The Labute approximate surface area is 153 Å². The van der Waals surface area contributed by atoms with E-state index in [1.54, 1.807) is 6.20 Å². The van der Waals surface area contributed by atoms with Gasteiger partial charge in [-0.25, -0.2) is 4.98 Å². The molecule has 2 N–H and O–H groups in total. The third kappa shape index (κ3) is 2.70. The summed E-state index contributed by atoms with van der Waals surface area (Å²) in [5, 5.41) is 2.69. The van der Waals surface area contributed by atoms with Crippen molar-refractivity contribution in [1.82, 2.24) is 14.9 Å². The number of carbonyl (C=O) groups excluding carboxylic acids is 2. The molecule has 2 amide bonds. The number of fused-ring (bicyclic) bond motifs is 1. The fraction of sp³-hybridized carbons (Fsp3) is 0.353. The Morgan fingerprint density at radius 1 is 1.46 bits per heavy atom. The van der Waals surface area contributed by atoms with Gasteiger partial charge in [0.15, 0.2) is 0 Å². The van der Waals surface area contributed by atoms with Gasteiger partial charge in [0.1, 0.15) is 5.82 Å². The number of aromatic nitrogens is 2. The molecule has 1 aliphatic carbocycles. The number of amides is 2. The lowest BCUT2D eigenvalue weighted by molar-refractivity contribution is -0.114. The number of pyridine rings is 1. The van der Waals surface area contributed by atoms with Crippen LogP contribution in [-0.2, 0) is 11.2 Å². The normalized spacial score (nSPS) is 16.9. The zero-order valence-electron chi connectivity index (χ0n) is 13.2. The van der Waals surface area contributed by atoms with Gasteiger partial charge in [0.25, 0.3) is 5.91 Å². The molecule has 1 aliphatic heterocycles. The first-order valence-corrected chi connectivity index (χ1v) is 9.08. The summed E-state index contributed by atoms with van der Waals surface area (Å²) in [6.07, 6.45) is 4.77. The van der Waals surface area contributed by atoms with Crippen LogP contribution in [0.5, 0.6) is 0 Å². The van der Waals surface area contributed by atoms with Gasteiger partial charge in [-0.1, -0.05) is 0 Å². The maximum Gasteiger partial charge on any atom is 0.257 e. The summed E-state index contributed by atoms with van der Waals surface area (Å²) in [6, 6.07) is 4.14. The second-order valence-electron chi connectivity index (χ2n) is 6.26. The molecular weight excluding hydrogens is 419 g/mol. The number of hydrogen-bond acceptors (Lipinski definition) is 3. The molecule has 2 aromatic heterocycles. The van der Waals surface area contributed by atoms with Gasteiger partial charge in [-0.2, -0.15) is 0 Å². The summed E-state index contributed by atoms with van der Waals surface area (Å²) in [5.41, 5.74) is 3.65. The minimum atomic E-state index is -0.157. The minimum Gasteiger partial charge on any atom is -0.357 e. The van der Waals surface area contributed by atoms with E-state index < -0.39 is 0 Å². The van der Waals surface area contributed by atoms with Crippen molar-refractivity contribution in [2.75, 3.05) is 11.9 Å². The van der Waals surface area contributed by atoms with Crippen LogP contribution in [-0.4, -0.2) is 39.3 Å². The molecule has 0 radical (unpaired) electrons. The van der Waals surface area contributed by atoms with Crippen molar-refractivity contribution < 1.29 is 9.59 Å². The number of halogens is 1. The highest BCUT2D eigenvalue weighted by molar-refractivity contribution is 14.1. The standard InChI is InChI=1S/C17H17IN4O2/c1-9(23)20-13-8-10(4-6-19-13)16-15(18)14-12(21-16)5-7-22(17(14)24)11-2-3-11/h4,6,8,11,21H,2-3,5,7H2,1H3,(H,19,20,23). The molecule has 4 rings (SSSR count). The van der Waals surface area contributed by atoms with Crippen molar-refractivity contribution in [3.05, 3.63) is 33.2 Å². The molecule has 0 bridgehead atoms. The van der Waals surface area contributed by atoms with E-state index in [4.69, 9.17) is 0 Å². The van der Waals surface area contributed by atoms with Gasteiger partial charge in [0.2, 0.25) is 5.91 Å².